The summed E-state index contributed by atoms with van der Waals surface area (Å²) in [5.41, 5.74) is 0. The van der Waals surface area contributed by atoms with E-state index in [0.29, 0.717) is 12.8 Å². The summed E-state index contributed by atoms with van der Waals surface area (Å²) in [4.78, 5) is 10.4. The number of rotatable bonds is 5. The number of hydrogen-bond donors (Lipinski definition) is 1. The molecule has 1 aromatic carbocycles. The van der Waals surface area contributed by atoms with Crippen LogP contribution in [0.2, 0.25) is 0 Å². The molecule has 6 nitrogen and oxygen atoms in total. The number of carboxylic acids is 1. The standard InChI is InChI=1S/C15H16F3NO5S/c16-15(17,18)24-12-2-4-13(5-3-12)25(22,23)19-9-7-11(8-10-19)1-6-14(20)21/h1-6,11H,7-10H2,(H,20,21). The molecule has 1 aliphatic heterocycles. The highest BCUT2D eigenvalue weighted by atomic mass is 32.2. The van der Waals surface area contributed by atoms with Crippen molar-refractivity contribution in [3.05, 3.63) is 36.4 Å². The Balaban J connectivity index is 2.03. The molecule has 2 rings (SSSR count). The number of hydrogen-bond acceptors (Lipinski definition) is 4. The lowest BCUT2D eigenvalue weighted by atomic mass is 9.98. The van der Waals surface area contributed by atoms with Crippen LogP contribution in [0.5, 0.6) is 5.75 Å². The molecule has 1 aliphatic rings. The average Bonchev–Trinajstić information content (AvgIpc) is 2.52. The molecule has 1 fully saturated rings. The van der Waals surface area contributed by atoms with Crippen LogP contribution in [-0.4, -0.2) is 43.3 Å². The lowest BCUT2D eigenvalue weighted by Crippen LogP contribution is -2.38. The molecule has 0 radical (unpaired) electrons. The molecule has 0 aliphatic carbocycles. The van der Waals surface area contributed by atoms with Crippen molar-refractivity contribution in [2.75, 3.05) is 13.1 Å². The fourth-order valence-electron chi connectivity index (χ4n) is 2.49. The first-order chi connectivity index (χ1) is 11.6. The van der Waals surface area contributed by atoms with E-state index in [2.05, 4.69) is 4.74 Å². The van der Waals surface area contributed by atoms with Crippen molar-refractivity contribution in [3.8, 4) is 5.75 Å². The van der Waals surface area contributed by atoms with Gasteiger partial charge in [0.15, 0.2) is 0 Å². The summed E-state index contributed by atoms with van der Waals surface area (Å²) < 4.78 is 66.3. The third-order valence-corrected chi connectivity index (χ3v) is 5.62. The molecule has 0 amide bonds. The second-order valence-corrected chi connectivity index (χ2v) is 7.40. The first-order valence-corrected chi connectivity index (χ1v) is 8.79. The van der Waals surface area contributed by atoms with E-state index in [9.17, 15) is 26.4 Å². The summed E-state index contributed by atoms with van der Waals surface area (Å²) in [5, 5.41) is 8.59. The lowest BCUT2D eigenvalue weighted by Gasteiger charge is -2.29. The fraction of sp³-hybridized carbons (Fsp3) is 0.400. The van der Waals surface area contributed by atoms with Crippen LogP contribution in [-0.2, 0) is 14.8 Å². The Bertz CT molecular complexity index is 735. The van der Waals surface area contributed by atoms with Crippen molar-refractivity contribution in [1.82, 2.24) is 4.31 Å². The average molecular weight is 379 g/mol. The number of carbonyl (C=O) groups is 1. The van der Waals surface area contributed by atoms with Gasteiger partial charge >= 0.3 is 12.3 Å². The van der Waals surface area contributed by atoms with Gasteiger partial charge in [0.05, 0.1) is 4.90 Å². The zero-order valence-corrected chi connectivity index (χ0v) is 13.8. The van der Waals surface area contributed by atoms with Crippen LogP contribution in [0.15, 0.2) is 41.3 Å². The van der Waals surface area contributed by atoms with Gasteiger partial charge in [-0.15, -0.1) is 13.2 Å². The quantitative estimate of drug-likeness (QED) is 0.795. The topological polar surface area (TPSA) is 83.9 Å². The monoisotopic (exact) mass is 379 g/mol. The number of halogens is 3. The maximum atomic E-state index is 12.5. The number of aliphatic carboxylic acids is 1. The second kappa shape index (κ2) is 7.44. The molecular formula is C15H16F3NO5S. The number of nitrogens with zero attached hydrogens (tertiary/aromatic N) is 1. The Morgan fingerprint density at radius 3 is 2.24 bits per heavy atom. The van der Waals surface area contributed by atoms with E-state index in [-0.39, 0.29) is 23.9 Å². The zero-order chi connectivity index (χ0) is 18.7. The van der Waals surface area contributed by atoms with E-state index >= 15 is 0 Å². The van der Waals surface area contributed by atoms with Gasteiger partial charge in [0.1, 0.15) is 5.75 Å². The lowest BCUT2D eigenvalue weighted by molar-refractivity contribution is -0.274. The minimum atomic E-state index is -4.84. The Kier molecular flexibility index (Phi) is 5.73. The number of piperidine rings is 1. The SMILES string of the molecule is O=C(O)C=CC1CCN(S(=O)(=O)c2ccc(OC(F)(F)F)cc2)CC1. The maximum Gasteiger partial charge on any atom is 0.573 e. The van der Waals surface area contributed by atoms with E-state index < -0.39 is 28.1 Å². The highest BCUT2D eigenvalue weighted by molar-refractivity contribution is 7.89. The van der Waals surface area contributed by atoms with Gasteiger partial charge in [0.2, 0.25) is 10.0 Å². The summed E-state index contributed by atoms with van der Waals surface area (Å²) >= 11 is 0. The second-order valence-electron chi connectivity index (χ2n) is 5.46. The Morgan fingerprint density at radius 2 is 1.76 bits per heavy atom. The minimum Gasteiger partial charge on any atom is -0.478 e. The van der Waals surface area contributed by atoms with Crippen molar-refractivity contribution in [1.29, 1.82) is 0 Å². The van der Waals surface area contributed by atoms with Gasteiger partial charge in [0.25, 0.3) is 0 Å². The Labute approximate surface area is 142 Å². The fourth-order valence-corrected chi connectivity index (χ4v) is 3.96. The summed E-state index contributed by atoms with van der Waals surface area (Å²) in [6.07, 6.45) is -1.33. The number of carboxylic acid groups (broad SMARTS) is 1. The highest BCUT2D eigenvalue weighted by Crippen LogP contribution is 2.27. The van der Waals surface area contributed by atoms with Crippen LogP contribution in [0.25, 0.3) is 0 Å². The Morgan fingerprint density at radius 1 is 1.20 bits per heavy atom. The van der Waals surface area contributed by atoms with Gasteiger partial charge in [-0.3, -0.25) is 0 Å². The predicted octanol–water partition coefficient (Wildman–Crippen LogP) is 2.63. The maximum absolute atomic E-state index is 12.5. The van der Waals surface area contributed by atoms with Crippen molar-refractivity contribution in [3.63, 3.8) is 0 Å². The molecule has 1 N–H and O–H groups in total. The van der Waals surface area contributed by atoms with Gasteiger partial charge in [-0.05, 0) is 43.0 Å². The van der Waals surface area contributed by atoms with Crippen LogP contribution in [0.3, 0.4) is 0 Å². The van der Waals surface area contributed by atoms with E-state index in [1.807, 2.05) is 0 Å². The van der Waals surface area contributed by atoms with Gasteiger partial charge < -0.3 is 9.84 Å². The summed E-state index contributed by atoms with van der Waals surface area (Å²) in [6.45, 7) is 0.412. The molecule has 1 saturated heterocycles. The molecule has 1 heterocycles. The largest absolute Gasteiger partial charge is 0.573 e. The van der Waals surface area contributed by atoms with Crippen molar-refractivity contribution in [2.45, 2.75) is 24.1 Å². The molecule has 10 heteroatoms. The van der Waals surface area contributed by atoms with Crippen molar-refractivity contribution >= 4 is 16.0 Å². The van der Waals surface area contributed by atoms with E-state index in [4.69, 9.17) is 5.11 Å². The van der Waals surface area contributed by atoms with Crippen molar-refractivity contribution in [2.24, 2.45) is 5.92 Å². The van der Waals surface area contributed by atoms with Gasteiger partial charge in [-0.1, -0.05) is 6.08 Å². The zero-order valence-electron chi connectivity index (χ0n) is 12.9. The number of allylic oxidation sites excluding steroid dienone is 1. The molecule has 1 aromatic rings. The van der Waals surface area contributed by atoms with E-state index in [1.165, 1.54) is 10.4 Å². The number of benzene rings is 1. The first kappa shape index (κ1) is 19.3. The molecule has 0 saturated carbocycles. The number of alkyl halides is 3. The predicted molar refractivity (Wildman–Crippen MR) is 81.4 cm³/mol. The van der Waals surface area contributed by atoms with Crippen LogP contribution >= 0.6 is 0 Å². The van der Waals surface area contributed by atoms with Crippen molar-refractivity contribution < 1.29 is 36.2 Å². The molecule has 0 bridgehead atoms. The molecular weight excluding hydrogens is 363 g/mol. The van der Waals surface area contributed by atoms with Gasteiger partial charge in [-0.2, -0.15) is 4.31 Å². The minimum absolute atomic E-state index is 0.0230. The molecule has 25 heavy (non-hydrogen) atoms. The summed E-state index contributed by atoms with van der Waals surface area (Å²) in [5.74, 6) is -1.58. The van der Waals surface area contributed by atoms with E-state index in [0.717, 1.165) is 30.3 Å². The van der Waals surface area contributed by atoms with Gasteiger partial charge in [0, 0.05) is 19.2 Å². The third kappa shape index (κ3) is 5.46. The number of sulfonamides is 1. The Hall–Kier alpha value is -2.07. The summed E-state index contributed by atoms with van der Waals surface area (Å²) in [6, 6.07) is 4.02. The third-order valence-electron chi connectivity index (χ3n) is 3.70. The van der Waals surface area contributed by atoms with Gasteiger partial charge in [-0.25, -0.2) is 13.2 Å². The molecule has 0 spiro atoms. The molecule has 0 aromatic heterocycles. The van der Waals surface area contributed by atoms with Crippen LogP contribution < -0.4 is 4.74 Å². The van der Waals surface area contributed by atoms with Crippen LogP contribution in [0, 0.1) is 5.92 Å². The summed E-state index contributed by atoms with van der Waals surface area (Å²) in [7, 11) is -3.82. The van der Waals surface area contributed by atoms with E-state index in [1.54, 1.807) is 0 Å². The normalized spacial score (nSPS) is 17.7. The van der Waals surface area contributed by atoms with Crippen LogP contribution in [0.1, 0.15) is 12.8 Å². The molecule has 0 atom stereocenters. The van der Waals surface area contributed by atoms with Crippen LogP contribution in [0.4, 0.5) is 13.2 Å². The highest BCUT2D eigenvalue weighted by Gasteiger charge is 2.32. The smallest absolute Gasteiger partial charge is 0.478 e. The number of ether oxygens (including phenoxy) is 1. The first-order valence-electron chi connectivity index (χ1n) is 7.35. The molecule has 138 valence electrons. The molecule has 0 unspecified atom stereocenters.